The third-order valence-corrected chi connectivity index (χ3v) is 4.75. The van der Waals surface area contributed by atoms with Crippen molar-refractivity contribution in [3.05, 3.63) is 48.0 Å². The summed E-state index contributed by atoms with van der Waals surface area (Å²) in [5.74, 6) is 0.508. The number of fused-ring (bicyclic) bond motifs is 1. The van der Waals surface area contributed by atoms with Crippen LogP contribution in [0.1, 0.15) is 25.3 Å². The number of hydrogen-bond donors (Lipinski definition) is 2. The second kappa shape index (κ2) is 8.97. The number of amides is 1. The van der Waals surface area contributed by atoms with Crippen molar-refractivity contribution in [2.24, 2.45) is 5.92 Å². The molecule has 25 heavy (non-hydrogen) atoms. The molecule has 0 spiro atoms. The highest BCUT2D eigenvalue weighted by molar-refractivity contribution is 5.83. The molecule has 4 nitrogen and oxygen atoms in total. The van der Waals surface area contributed by atoms with Gasteiger partial charge >= 0.3 is 0 Å². The monoisotopic (exact) mass is 340 g/mol. The van der Waals surface area contributed by atoms with Gasteiger partial charge in [0, 0.05) is 12.6 Å². The summed E-state index contributed by atoms with van der Waals surface area (Å²) in [6.07, 6.45) is 3.21. The van der Waals surface area contributed by atoms with Crippen molar-refractivity contribution in [2.75, 3.05) is 26.3 Å². The van der Waals surface area contributed by atoms with Gasteiger partial charge < -0.3 is 15.4 Å². The first-order valence-corrected chi connectivity index (χ1v) is 9.26. The van der Waals surface area contributed by atoms with Gasteiger partial charge in [0.15, 0.2) is 0 Å². The molecular weight excluding hydrogens is 312 g/mol. The van der Waals surface area contributed by atoms with Crippen LogP contribution in [0.2, 0.25) is 0 Å². The Hall–Kier alpha value is -1.91. The van der Waals surface area contributed by atoms with E-state index < -0.39 is 0 Å². The minimum Gasteiger partial charge on any atom is -0.371 e. The SMILES string of the molecule is C[C@H](Cc1ccc2ccccc2c1)NC(=O)COC[C@H]1CCCNC1. The van der Waals surface area contributed by atoms with E-state index in [9.17, 15) is 4.79 Å². The molecule has 0 unspecified atom stereocenters. The fraction of sp³-hybridized carbons (Fsp3) is 0.476. The van der Waals surface area contributed by atoms with Gasteiger partial charge in [-0.1, -0.05) is 42.5 Å². The maximum Gasteiger partial charge on any atom is 0.246 e. The van der Waals surface area contributed by atoms with Gasteiger partial charge in [0.1, 0.15) is 6.61 Å². The molecule has 1 saturated heterocycles. The van der Waals surface area contributed by atoms with E-state index in [1.54, 1.807) is 0 Å². The third-order valence-electron chi connectivity index (χ3n) is 4.75. The number of rotatable bonds is 7. The molecular formula is C21H28N2O2. The van der Waals surface area contributed by atoms with Crippen molar-refractivity contribution >= 4 is 16.7 Å². The summed E-state index contributed by atoms with van der Waals surface area (Å²) in [4.78, 5) is 12.0. The quantitative estimate of drug-likeness (QED) is 0.815. The molecule has 3 rings (SSSR count). The van der Waals surface area contributed by atoms with Crippen LogP contribution < -0.4 is 10.6 Å². The molecule has 2 N–H and O–H groups in total. The Morgan fingerprint density at radius 2 is 2.12 bits per heavy atom. The summed E-state index contributed by atoms with van der Waals surface area (Å²) >= 11 is 0. The summed E-state index contributed by atoms with van der Waals surface area (Å²) in [6.45, 7) is 4.96. The zero-order valence-corrected chi connectivity index (χ0v) is 15.0. The number of carbonyl (C=O) groups is 1. The van der Waals surface area contributed by atoms with Gasteiger partial charge in [0.2, 0.25) is 5.91 Å². The summed E-state index contributed by atoms with van der Waals surface area (Å²) in [5, 5.41) is 8.88. The topological polar surface area (TPSA) is 50.4 Å². The highest BCUT2D eigenvalue weighted by atomic mass is 16.5. The molecule has 134 valence electrons. The van der Waals surface area contributed by atoms with Crippen LogP contribution in [-0.4, -0.2) is 38.3 Å². The van der Waals surface area contributed by atoms with Crippen LogP contribution in [0.4, 0.5) is 0 Å². The molecule has 2 aromatic rings. The maximum absolute atomic E-state index is 12.0. The summed E-state index contributed by atoms with van der Waals surface area (Å²) in [7, 11) is 0. The number of piperidine rings is 1. The zero-order valence-electron chi connectivity index (χ0n) is 15.0. The summed E-state index contributed by atoms with van der Waals surface area (Å²) in [6, 6.07) is 14.9. The van der Waals surface area contributed by atoms with E-state index in [1.807, 2.05) is 13.0 Å². The fourth-order valence-corrected chi connectivity index (χ4v) is 3.47. The van der Waals surface area contributed by atoms with E-state index in [-0.39, 0.29) is 18.6 Å². The minimum absolute atomic E-state index is 0.0305. The second-order valence-corrected chi connectivity index (χ2v) is 7.08. The normalized spacial score (nSPS) is 18.8. The minimum atomic E-state index is -0.0305. The Labute approximate surface area is 149 Å². The molecule has 2 aromatic carbocycles. The fourth-order valence-electron chi connectivity index (χ4n) is 3.47. The molecule has 2 atom stereocenters. The summed E-state index contributed by atoms with van der Waals surface area (Å²) < 4.78 is 5.59. The van der Waals surface area contributed by atoms with Crippen LogP contribution in [0.15, 0.2) is 42.5 Å². The van der Waals surface area contributed by atoms with Gasteiger partial charge in [-0.05, 0) is 55.0 Å². The number of carbonyl (C=O) groups excluding carboxylic acids is 1. The van der Waals surface area contributed by atoms with Crippen LogP contribution in [0.3, 0.4) is 0 Å². The predicted molar refractivity (Wildman–Crippen MR) is 102 cm³/mol. The van der Waals surface area contributed by atoms with E-state index in [1.165, 1.54) is 29.2 Å². The Bertz CT molecular complexity index is 695. The second-order valence-electron chi connectivity index (χ2n) is 7.08. The molecule has 0 bridgehead atoms. The van der Waals surface area contributed by atoms with Gasteiger partial charge in [-0.15, -0.1) is 0 Å². The Morgan fingerprint density at radius 3 is 2.92 bits per heavy atom. The average molecular weight is 340 g/mol. The van der Waals surface area contributed by atoms with E-state index >= 15 is 0 Å². The van der Waals surface area contributed by atoms with Gasteiger partial charge in [0.25, 0.3) is 0 Å². The number of benzene rings is 2. The number of ether oxygens (including phenoxy) is 1. The van der Waals surface area contributed by atoms with Gasteiger partial charge in [-0.2, -0.15) is 0 Å². The first-order valence-electron chi connectivity index (χ1n) is 9.26. The molecule has 0 aliphatic carbocycles. The van der Waals surface area contributed by atoms with Crippen molar-refractivity contribution in [2.45, 2.75) is 32.2 Å². The first-order chi connectivity index (χ1) is 12.2. The average Bonchev–Trinajstić information content (AvgIpc) is 2.62. The molecule has 1 amide bonds. The first kappa shape index (κ1) is 17.9. The summed E-state index contributed by atoms with van der Waals surface area (Å²) in [5.41, 5.74) is 1.24. The highest BCUT2D eigenvalue weighted by Gasteiger charge is 2.14. The largest absolute Gasteiger partial charge is 0.371 e. The molecule has 0 radical (unpaired) electrons. The van der Waals surface area contributed by atoms with Crippen molar-refractivity contribution in [1.82, 2.24) is 10.6 Å². The zero-order chi connectivity index (χ0) is 17.5. The lowest BCUT2D eigenvalue weighted by Crippen LogP contribution is -2.38. The lowest BCUT2D eigenvalue weighted by atomic mass is 10.0. The Kier molecular flexibility index (Phi) is 6.42. The lowest BCUT2D eigenvalue weighted by molar-refractivity contribution is -0.126. The molecule has 1 aliphatic rings. The molecule has 0 saturated carbocycles. The van der Waals surface area contributed by atoms with Gasteiger partial charge in [-0.3, -0.25) is 4.79 Å². The van der Waals surface area contributed by atoms with Crippen molar-refractivity contribution in [3.8, 4) is 0 Å². The van der Waals surface area contributed by atoms with Crippen LogP contribution >= 0.6 is 0 Å². The highest BCUT2D eigenvalue weighted by Crippen LogP contribution is 2.16. The van der Waals surface area contributed by atoms with Gasteiger partial charge in [0.05, 0.1) is 6.61 Å². The van der Waals surface area contributed by atoms with Crippen molar-refractivity contribution in [3.63, 3.8) is 0 Å². The standard InChI is InChI=1S/C21H28N2O2/c1-16(11-17-8-9-19-6-2-3-7-20(19)12-17)23-21(24)15-25-14-18-5-4-10-22-13-18/h2-3,6-9,12,16,18,22H,4-5,10-11,13-15H2,1H3,(H,23,24)/t16-,18+/m1/s1. The Balaban J connectivity index is 1.41. The van der Waals surface area contributed by atoms with Crippen molar-refractivity contribution in [1.29, 1.82) is 0 Å². The van der Waals surface area contributed by atoms with E-state index in [0.29, 0.717) is 12.5 Å². The Morgan fingerprint density at radius 1 is 1.28 bits per heavy atom. The maximum atomic E-state index is 12.0. The van der Waals surface area contributed by atoms with Crippen LogP contribution in [0.5, 0.6) is 0 Å². The van der Waals surface area contributed by atoms with E-state index in [2.05, 4.69) is 47.0 Å². The van der Waals surface area contributed by atoms with Crippen LogP contribution in [0, 0.1) is 5.92 Å². The molecule has 4 heteroatoms. The van der Waals surface area contributed by atoms with E-state index in [0.717, 1.165) is 19.5 Å². The molecule has 0 aromatic heterocycles. The lowest BCUT2D eigenvalue weighted by Gasteiger charge is -2.22. The number of hydrogen-bond acceptors (Lipinski definition) is 3. The number of nitrogens with one attached hydrogen (secondary N) is 2. The van der Waals surface area contributed by atoms with Crippen LogP contribution in [-0.2, 0) is 16.0 Å². The molecule has 1 heterocycles. The third kappa shape index (κ3) is 5.55. The predicted octanol–water partition coefficient (Wildman–Crippen LogP) is 2.90. The molecule has 1 aliphatic heterocycles. The molecule has 1 fully saturated rings. The van der Waals surface area contributed by atoms with Crippen molar-refractivity contribution < 1.29 is 9.53 Å². The van der Waals surface area contributed by atoms with Gasteiger partial charge in [-0.25, -0.2) is 0 Å². The van der Waals surface area contributed by atoms with E-state index in [4.69, 9.17) is 4.74 Å². The van der Waals surface area contributed by atoms with Crippen LogP contribution in [0.25, 0.3) is 10.8 Å². The smallest absolute Gasteiger partial charge is 0.246 e.